The van der Waals surface area contributed by atoms with E-state index in [9.17, 15) is 0 Å². The van der Waals surface area contributed by atoms with Crippen molar-refractivity contribution >= 4 is 23.2 Å². The molecular formula is C13H23Cl2N3O. The lowest BCUT2D eigenvalue weighted by molar-refractivity contribution is 0.163. The first-order valence-corrected chi connectivity index (χ1v) is 7.61. The third kappa shape index (κ3) is 4.63. The van der Waals surface area contributed by atoms with Gasteiger partial charge >= 0.3 is 0 Å². The number of rotatable bonds is 9. The standard InChI is InChI=1S/C13H23Cl2N3O/c1-4-11-13(15)12(18(5-2)17-11)8-16-10(6-7-14)9-19-3/h10,16H,4-9H2,1-3H3. The van der Waals surface area contributed by atoms with E-state index in [4.69, 9.17) is 27.9 Å². The number of aryl methyl sites for hydroxylation is 2. The largest absolute Gasteiger partial charge is 0.383 e. The number of hydrogen-bond acceptors (Lipinski definition) is 3. The van der Waals surface area contributed by atoms with Gasteiger partial charge in [0.05, 0.1) is 23.0 Å². The van der Waals surface area contributed by atoms with Gasteiger partial charge in [-0.3, -0.25) is 4.68 Å². The minimum absolute atomic E-state index is 0.240. The van der Waals surface area contributed by atoms with E-state index in [0.717, 1.165) is 35.8 Å². The van der Waals surface area contributed by atoms with Crippen LogP contribution < -0.4 is 5.32 Å². The Kier molecular flexibility index (Phi) is 7.76. The van der Waals surface area contributed by atoms with E-state index in [-0.39, 0.29) is 6.04 Å². The molecule has 110 valence electrons. The summed E-state index contributed by atoms with van der Waals surface area (Å²) in [5, 5.41) is 8.72. The van der Waals surface area contributed by atoms with Crippen LogP contribution in [0.25, 0.3) is 0 Å². The summed E-state index contributed by atoms with van der Waals surface area (Å²) in [6.07, 6.45) is 1.72. The van der Waals surface area contributed by atoms with Crippen molar-refractivity contribution in [3.8, 4) is 0 Å². The second-order valence-corrected chi connectivity index (χ2v) is 5.14. The lowest BCUT2D eigenvalue weighted by Gasteiger charge is -2.17. The molecule has 4 nitrogen and oxygen atoms in total. The quantitative estimate of drug-likeness (QED) is 0.713. The zero-order chi connectivity index (χ0) is 14.3. The normalized spacial score (nSPS) is 12.9. The van der Waals surface area contributed by atoms with E-state index in [2.05, 4.69) is 24.3 Å². The minimum Gasteiger partial charge on any atom is -0.383 e. The van der Waals surface area contributed by atoms with Crippen LogP contribution in [0.15, 0.2) is 0 Å². The first kappa shape index (κ1) is 16.8. The molecule has 0 saturated carbocycles. The molecule has 1 N–H and O–H groups in total. The Labute approximate surface area is 125 Å². The number of aromatic nitrogens is 2. The molecule has 1 aromatic heterocycles. The van der Waals surface area contributed by atoms with Crippen molar-refractivity contribution in [1.29, 1.82) is 0 Å². The zero-order valence-corrected chi connectivity index (χ0v) is 13.4. The molecule has 0 amide bonds. The van der Waals surface area contributed by atoms with Gasteiger partial charge in [-0.15, -0.1) is 11.6 Å². The van der Waals surface area contributed by atoms with Crippen molar-refractivity contribution in [1.82, 2.24) is 15.1 Å². The highest BCUT2D eigenvalue weighted by Crippen LogP contribution is 2.21. The molecule has 0 fully saturated rings. The summed E-state index contributed by atoms with van der Waals surface area (Å²) in [5.74, 6) is 0.613. The molecule has 0 saturated heterocycles. The van der Waals surface area contributed by atoms with Crippen molar-refractivity contribution in [3.63, 3.8) is 0 Å². The van der Waals surface area contributed by atoms with E-state index in [1.54, 1.807) is 7.11 Å². The first-order chi connectivity index (χ1) is 9.17. The predicted octanol–water partition coefficient (Wildman–Crippen LogP) is 2.85. The molecule has 0 spiro atoms. The molecule has 0 aliphatic rings. The Balaban J connectivity index is 2.72. The van der Waals surface area contributed by atoms with Crippen LogP contribution in [0, 0.1) is 0 Å². The van der Waals surface area contributed by atoms with Crippen LogP contribution in [0.3, 0.4) is 0 Å². The van der Waals surface area contributed by atoms with Crippen molar-refractivity contribution < 1.29 is 4.74 Å². The lowest BCUT2D eigenvalue weighted by Crippen LogP contribution is -2.34. The van der Waals surface area contributed by atoms with Gasteiger partial charge in [0.2, 0.25) is 0 Å². The number of nitrogens with zero attached hydrogens (tertiary/aromatic N) is 2. The van der Waals surface area contributed by atoms with Gasteiger partial charge in [0, 0.05) is 32.1 Å². The zero-order valence-electron chi connectivity index (χ0n) is 11.9. The van der Waals surface area contributed by atoms with Gasteiger partial charge in [0.25, 0.3) is 0 Å². The maximum absolute atomic E-state index is 6.37. The van der Waals surface area contributed by atoms with E-state index in [1.165, 1.54) is 0 Å². The van der Waals surface area contributed by atoms with Gasteiger partial charge in [-0.2, -0.15) is 5.10 Å². The molecule has 0 aliphatic heterocycles. The monoisotopic (exact) mass is 307 g/mol. The van der Waals surface area contributed by atoms with Crippen molar-refractivity contribution in [3.05, 3.63) is 16.4 Å². The highest BCUT2D eigenvalue weighted by Gasteiger charge is 2.15. The molecule has 1 aromatic rings. The summed E-state index contributed by atoms with van der Waals surface area (Å²) in [5.41, 5.74) is 2.00. The van der Waals surface area contributed by atoms with Crippen molar-refractivity contribution in [2.75, 3.05) is 19.6 Å². The Morgan fingerprint density at radius 3 is 2.68 bits per heavy atom. The summed E-state index contributed by atoms with van der Waals surface area (Å²) < 4.78 is 7.14. The number of ether oxygens (including phenoxy) is 1. The van der Waals surface area contributed by atoms with Crippen LogP contribution in [-0.4, -0.2) is 35.4 Å². The molecular weight excluding hydrogens is 285 g/mol. The van der Waals surface area contributed by atoms with Crippen LogP contribution in [-0.2, 0) is 24.2 Å². The van der Waals surface area contributed by atoms with Gasteiger partial charge in [-0.25, -0.2) is 0 Å². The molecule has 1 atom stereocenters. The van der Waals surface area contributed by atoms with Crippen LogP contribution in [0.5, 0.6) is 0 Å². The lowest BCUT2D eigenvalue weighted by atomic mass is 10.2. The maximum atomic E-state index is 6.37. The highest BCUT2D eigenvalue weighted by atomic mass is 35.5. The molecule has 0 aliphatic carbocycles. The third-order valence-electron chi connectivity index (χ3n) is 3.08. The van der Waals surface area contributed by atoms with Gasteiger partial charge in [-0.05, 0) is 19.8 Å². The Bertz CT molecular complexity index is 376. The third-order valence-corrected chi connectivity index (χ3v) is 3.73. The summed E-state index contributed by atoms with van der Waals surface area (Å²) in [6.45, 7) is 6.28. The van der Waals surface area contributed by atoms with E-state index >= 15 is 0 Å². The second kappa shape index (κ2) is 8.80. The predicted molar refractivity (Wildman–Crippen MR) is 80.1 cm³/mol. The van der Waals surface area contributed by atoms with Crippen LogP contribution >= 0.6 is 23.2 Å². The Morgan fingerprint density at radius 2 is 2.16 bits per heavy atom. The van der Waals surface area contributed by atoms with Crippen LogP contribution in [0.4, 0.5) is 0 Å². The van der Waals surface area contributed by atoms with Gasteiger partial charge in [0.1, 0.15) is 0 Å². The molecule has 1 unspecified atom stereocenters. The maximum Gasteiger partial charge on any atom is 0.0863 e. The number of hydrogen-bond donors (Lipinski definition) is 1. The summed E-state index contributed by atoms with van der Waals surface area (Å²) >= 11 is 12.2. The summed E-state index contributed by atoms with van der Waals surface area (Å²) in [6, 6.07) is 0.240. The highest BCUT2D eigenvalue weighted by molar-refractivity contribution is 6.31. The summed E-state index contributed by atoms with van der Waals surface area (Å²) in [4.78, 5) is 0. The topological polar surface area (TPSA) is 39.1 Å². The minimum atomic E-state index is 0.240. The fraction of sp³-hybridized carbons (Fsp3) is 0.769. The average molecular weight is 308 g/mol. The van der Waals surface area contributed by atoms with E-state index in [0.29, 0.717) is 19.0 Å². The molecule has 0 bridgehead atoms. The molecule has 0 aromatic carbocycles. The van der Waals surface area contributed by atoms with Crippen molar-refractivity contribution in [2.24, 2.45) is 0 Å². The fourth-order valence-corrected chi connectivity index (χ4v) is 2.60. The van der Waals surface area contributed by atoms with Gasteiger partial charge < -0.3 is 10.1 Å². The number of halogens is 2. The molecule has 19 heavy (non-hydrogen) atoms. The van der Waals surface area contributed by atoms with Gasteiger partial charge in [0.15, 0.2) is 0 Å². The Hall–Kier alpha value is -0.290. The summed E-state index contributed by atoms with van der Waals surface area (Å²) in [7, 11) is 1.70. The second-order valence-electron chi connectivity index (χ2n) is 4.39. The van der Waals surface area contributed by atoms with Crippen LogP contribution in [0.1, 0.15) is 31.7 Å². The number of nitrogens with one attached hydrogen (secondary N) is 1. The fourth-order valence-electron chi connectivity index (χ4n) is 2.00. The molecule has 6 heteroatoms. The van der Waals surface area contributed by atoms with E-state index < -0.39 is 0 Å². The van der Waals surface area contributed by atoms with Crippen LogP contribution in [0.2, 0.25) is 5.02 Å². The molecule has 1 rings (SSSR count). The first-order valence-electron chi connectivity index (χ1n) is 6.70. The Morgan fingerprint density at radius 1 is 1.42 bits per heavy atom. The van der Waals surface area contributed by atoms with E-state index in [1.807, 2.05) is 4.68 Å². The number of methoxy groups -OCH3 is 1. The SMILES string of the molecule is CCc1nn(CC)c(CNC(CCCl)COC)c1Cl. The average Bonchev–Trinajstić information content (AvgIpc) is 2.72. The van der Waals surface area contributed by atoms with Gasteiger partial charge in [-0.1, -0.05) is 18.5 Å². The number of alkyl halides is 1. The molecule has 0 radical (unpaired) electrons. The van der Waals surface area contributed by atoms with Crippen molar-refractivity contribution in [2.45, 2.75) is 45.8 Å². The smallest absolute Gasteiger partial charge is 0.0863 e. The molecule has 1 heterocycles.